The summed E-state index contributed by atoms with van der Waals surface area (Å²) >= 11 is 0. The van der Waals surface area contributed by atoms with Gasteiger partial charge in [-0.3, -0.25) is 0 Å². The zero-order valence-electron chi connectivity index (χ0n) is 10.1. The van der Waals surface area contributed by atoms with Gasteiger partial charge < -0.3 is 14.5 Å². The standard InChI is InChI=1S/C14H16N2O2/c1-2-10-8-11(7-9(1)16-10)18-14-12-4-6-17-13(12)3-5-15-14/h3-6,9-11,16H,1-2,7-8H2. The molecule has 0 radical (unpaired) electrons. The topological polar surface area (TPSA) is 47.3 Å². The van der Waals surface area contributed by atoms with Gasteiger partial charge in [0.1, 0.15) is 11.7 Å². The summed E-state index contributed by atoms with van der Waals surface area (Å²) in [6.07, 6.45) is 8.47. The van der Waals surface area contributed by atoms with Gasteiger partial charge >= 0.3 is 0 Å². The third-order valence-electron chi connectivity index (χ3n) is 4.05. The smallest absolute Gasteiger partial charge is 0.224 e. The van der Waals surface area contributed by atoms with E-state index in [1.54, 1.807) is 12.5 Å². The van der Waals surface area contributed by atoms with Gasteiger partial charge in [0.15, 0.2) is 0 Å². The van der Waals surface area contributed by atoms with E-state index in [0.29, 0.717) is 18.0 Å². The Kier molecular flexibility index (Phi) is 2.30. The number of pyridine rings is 1. The van der Waals surface area contributed by atoms with Gasteiger partial charge in [0.25, 0.3) is 0 Å². The fraction of sp³-hybridized carbons (Fsp3) is 0.500. The molecule has 0 aliphatic carbocycles. The molecule has 2 atom stereocenters. The average molecular weight is 244 g/mol. The monoisotopic (exact) mass is 244 g/mol. The van der Waals surface area contributed by atoms with Crippen molar-refractivity contribution < 1.29 is 9.15 Å². The Hall–Kier alpha value is -1.55. The number of hydrogen-bond acceptors (Lipinski definition) is 4. The molecular formula is C14H16N2O2. The lowest BCUT2D eigenvalue weighted by atomic mass is 10.0. The fourth-order valence-corrected chi connectivity index (χ4v) is 3.22. The maximum atomic E-state index is 6.10. The lowest BCUT2D eigenvalue weighted by Gasteiger charge is -2.29. The van der Waals surface area contributed by atoms with E-state index >= 15 is 0 Å². The molecule has 2 aromatic heterocycles. The zero-order chi connectivity index (χ0) is 11.9. The van der Waals surface area contributed by atoms with Crippen molar-refractivity contribution in [2.24, 2.45) is 0 Å². The van der Waals surface area contributed by atoms with Crippen LogP contribution in [0, 0.1) is 0 Å². The van der Waals surface area contributed by atoms with Crippen LogP contribution in [0.5, 0.6) is 5.88 Å². The maximum Gasteiger partial charge on any atom is 0.224 e. The molecule has 4 rings (SSSR count). The Morgan fingerprint density at radius 1 is 1.22 bits per heavy atom. The minimum atomic E-state index is 0.289. The Morgan fingerprint density at radius 2 is 2.06 bits per heavy atom. The predicted octanol–water partition coefficient (Wildman–Crippen LogP) is 2.49. The van der Waals surface area contributed by atoms with Crippen molar-refractivity contribution in [3.05, 3.63) is 24.6 Å². The minimum Gasteiger partial charge on any atom is -0.474 e. The number of fused-ring (bicyclic) bond motifs is 3. The molecule has 0 amide bonds. The van der Waals surface area contributed by atoms with Gasteiger partial charge in [-0.15, -0.1) is 0 Å². The van der Waals surface area contributed by atoms with Crippen molar-refractivity contribution in [3.63, 3.8) is 0 Å². The van der Waals surface area contributed by atoms with Gasteiger partial charge in [-0.25, -0.2) is 4.98 Å². The summed E-state index contributed by atoms with van der Waals surface area (Å²) in [7, 11) is 0. The van der Waals surface area contributed by atoms with Crippen LogP contribution in [0.15, 0.2) is 29.0 Å². The molecule has 2 aromatic rings. The summed E-state index contributed by atoms with van der Waals surface area (Å²) in [6.45, 7) is 0. The van der Waals surface area contributed by atoms with Crippen LogP contribution < -0.4 is 10.1 Å². The molecule has 2 aliphatic heterocycles. The Bertz CT molecular complexity index is 554. The molecule has 2 fully saturated rings. The highest BCUT2D eigenvalue weighted by Gasteiger charge is 2.34. The molecule has 18 heavy (non-hydrogen) atoms. The van der Waals surface area contributed by atoms with E-state index in [1.807, 2.05) is 12.1 Å². The number of hydrogen-bond donors (Lipinski definition) is 1. The summed E-state index contributed by atoms with van der Waals surface area (Å²) in [5.74, 6) is 0.715. The van der Waals surface area contributed by atoms with Gasteiger partial charge in [0.2, 0.25) is 5.88 Å². The molecule has 1 N–H and O–H groups in total. The van der Waals surface area contributed by atoms with Crippen molar-refractivity contribution in [3.8, 4) is 5.88 Å². The van der Waals surface area contributed by atoms with Crippen molar-refractivity contribution in [2.75, 3.05) is 0 Å². The van der Waals surface area contributed by atoms with Gasteiger partial charge in [0, 0.05) is 18.3 Å². The Labute approximate surface area is 105 Å². The first-order valence-corrected chi connectivity index (χ1v) is 6.63. The van der Waals surface area contributed by atoms with E-state index in [4.69, 9.17) is 9.15 Å². The van der Waals surface area contributed by atoms with Gasteiger partial charge in [0.05, 0.1) is 11.6 Å². The molecule has 0 aromatic carbocycles. The van der Waals surface area contributed by atoms with Gasteiger partial charge in [-0.05, 0) is 37.8 Å². The molecule has 0 saturated carbocycles. The molecule has 4 nitrogen and oxygen atoms in total. The summed E-state index contributed by atoms with van der Waals surface area (Å²) in [5, 5.41) is 4.59. The van der Waals surface area contributed by atoms with Crippen molar-refractivity contribution in [1.29, 1.82) is 0 Å². The lowest BCUT2D eigenvalue weighted by Crippen LogP contribution is -2.42. The molecule has 94 valence electrons. The number of rotatable bonds is 2. The largest absolute Gasteiger partial charge is 0.474 e. The average Bonchev–Trinajstić information content (AvgIpc) is 2.97. The lowest BCUT2D eigenvalue weighted by molar-refractivity contribution is 0.134. The van der Waals surface area contributed by atoms with Crippen LogP contribution in [-0.2, 0) is 0 Å². The Morgan fingerprint density at radius 3 is 2.89 bits per heavy atom. The quantitative estimate of drug-likeness (QED) is 0.881. The van der Waals surface area contributed by atoms with E-state index in [-0.39, 0.29) is 6.10 Å². The number of ether oxygens (including phenoxy) is 1. The number of furan rings is 1. The summed E-state index contributed by atoms with van der Waals surface area (Å²) in [4.78, 5) is 4.34. The number of nitrogens with zero attached hydrogens (tertiary/aromatic N) is 1. The third kappa shape index (κ3) is 1.68. The molecular weight excluding hydrogens is 228 g/mol. The van der Waals surface area contributed by atoms with E-state index in [1.165, 1.54) is 12.8 Å². The van der Waals surface area contributed by atoms with Crippen LogP contribution in [0.1, 0.15) is 25.7 Å². The minimum absolute atomic E-state index is 0.289. The Balaban J connectivity index is 1.59. The van der Waals surface area contributed by atoms with Crippen molar-refractivity contribution >= 4 is 11.0 Å². The van der Waals surface area contributed by atoms with E-state index in [0.717, 1.165) is 23.8 Å². The van der Waals surface area contributed by atoms with Gasteiger partial charge in [-0.2, -0.15) is 0 Å². The predicted molar refractivity (Wildman–Crippen MR) is 67.6 cm³/mol. The zero-order valence-corrected chi connectivity index (χ0v) is 10.1. The van der Waals surface area contributed by atoms with E-state index in [2.05, 4.69) is 10.3 Å². The highest BCUT2D eigenvalue weighted by Crippen LogP contribution is 2.31. The molecule has 2 aliphatic rings. The highest BCUT2D eigenvalue weighted by molar-refractivity contribution is 5.81. The highest BCUT2D eigenvalue weighted by atomic mass is 16.5. The molecule has 2 bridgehead atoms. The number of piperidine rings is 1. The first kappa shape index (κ1) is 10.4. The van der Waals surface area contributed by atoms with Crippen LogP contribution in [0.4, 0.5) is 0 Å². The maximum absolute atomic E-state index is 6.10. The molecule has 4 heteroatoms. The van der Waals surface area contributed by atoms with Crippen LogP contribution in [0.2, 0.25) is 0 Å². The van der Waals surface area contributed by atoms with Crippen molar-refractivity contribution in [1.82, 2.24) is 10.3 Å². The first-order valence-electron chi connectivity index (χ1n) is 6.63. The second-order valence-electron chi connectivity index (χ2n) is 5.30. The SMILES string of the molecule is c1cc2occc2c(OC2CC3CCC(C2)N3)n1. The normalized spacial score (nSPS) is 30.8. The second kappa shape index (κ2) is 3.99. The summed E-state index contributed by atoms with van der Waals surface area (Å²) in [5.41, 5.74) is 0.844. The van der Waals surface area contributed by atoms with Crippen LogP contribution >= 0.6 is 0 Å². The molecule has 2 unspecified atom stereocenters. The van der Waals surface area contributed by atoms with Crippen LogP contribution in [-0.4, -0.2) is 23.2 Å². The number of aromatic nitrogens is 1. The van der Waals surface area contributed by atoms with E-state index < -0.39 is 0 Å². The molecule has 4 heterocycles. The molecule has 2 saturated heterocycles. The first-order chi connectivity index (χ1) is 8.88. The van der Waals surface area contributed by atoms with Gasteiger partial charge in [-0.1, -0.05) is 0 Å². The van der Waals surface area contributed by atoms with Crippen molar-refractivity contribution in [2.45, 2.75) is 43.9 Å². The van der Waals surface area contributed by atoms with Crippen LogP contribution in [0.3, 0.4) is 0 Å². The summed E-state index contributed by atoms with van der Waals surface area (Å²) in [6, 6.07) is 5.07. The molecule has 0 spiro atoms. The van der Waals surface area contributed by atoms with Crippen LogP contribution in [0.25, 0.3) is 11.0 Å². The summed E-state index contributed by atoms with van der Waals surface area (Å²) < 4.78 is 11.5. The fourth-order valence-electron chi connectivity index (χ4n) is 3.22. The number of nitrogens with one attached hydrogen (secondary N) is 1. The van der Waals surface area contributed by atoms with E-state index in [9.17, 15) is 0 Å². The second-order valence-corrected chi connectivity index (χ2v) is 5.30. The third-order valence-corrected chi connectivity index (χ3v) is 4.05.